The highest BCUT2D eigenvalue weighted by Gasteiger charge is 2.41. The Kier molecular flexibility index (Phi) is 6.16. The lowest BCUT2D eigenvalue weighted by Crippen LogP contribution is -2.47. The van der Waals surface area contributed by atoms with E-state index < -0.39 is 11.9 Å². The van der Waals surface area contributed by atoms with Crippen LogP contribution < -0.4 is 5.73 Å². The number of hydrogen-bond donors (Lipinski definition) is 1. The summed E-state index contributed by atoms with van der Waals surface area (Å²) in [7, 11) is 0. The van der Waals surface area contributed by atoms with Crippen molar-refractivity contribution in [2.24, 2.45) is 11.7 Å². The van der Waals surface area contributed by atoms with Crippen molar-refractivity contribution in [2.75, 3.05) is 6.54 Å². The molecule has 3 heterocycles. The molecule has 4 rings (SSSR count). The lowest BCUT2D eigenvalue weighted by atomic mass is 9.93. The van der Waals surface area contributed by atoms with Crippen molar-refractivity contribution >= 4 is 28.9 Å². The van der Waals surface area contributed by atoms with Crippen molar-refractivity contribution in [2.45, 2.75) is 70.8 Å². The molecule has 2 amide bonds. The fraction of sp³-hybridized carbons (Fsp3) is 0.542. The number of ketones is 1. The summed E-state index contributed by atoms with van der Waals surface area (Å²) < 4.78 is 0. The molecule has 2 aromatic heterocycles. The largest absolute Gasteiger partial charge is 0.368 e. The van der Waals surface area contributed by atoms with Crippen LogP contribution in [0.15, 0.2) is 18.3 Å². The van der Waals surface area contributed by atoms with Gasteiger partial charge in [-0.1, -0.05) is 6.92 Å². The minimum absolute atomic E-state index is 0.0621. The van der Waals surface area contributed by atoms with Crippen LogP contribution in [-0.4, -0.2) is 45.1 Å². The van der Waals surface area contributed by atoms with E-state index in [1.165, 1.54) is 18.3 Å². The van der Waals surface area contributed by atoms with Crippen LogP contribution in [0.25, 0.3) is 10.4 Å². The number of aromatic nitrogens is 2. The number of likely N-dealkylation sites (tertiary alicyclic amines) is 1. The Balaban J connectivity index is 1.48. The van der Waals surface area contributed by atoms with Crippen LogP contribution in [0.3, 0.4) is 0 Å². The molecule has 1 aliphatic heterocycles. The number of primary amides is 1. The zero-order chi connectivity index (χ0) is 23.0. The van der Waals surface area contributed by atoms with Gasteiger partial charge in [0, 0.05) is 30.3 Å². The van der Waals surface area contributed by atoms with Crippen molar-refractivity contribution in [3.63, 3.8) is 0 Å². The van der Waals surface area contributed by atoms with Crippen LogP contribution in [0.4, 0.5) is 0 Å². The maximum absolute atomic E-state index is 13.1. The number of amides is 2. The van der Waals surface area contributed by atoms with Gasteiger partial charge in [0.05, 0.1) is 17.0 Å². The number of hydrogen-bond acceptors (Lipinski definition) is 6. The summed E-state index contributed by atoms with van der Waals surface area (Å²) in [6, 6.07) is 3.48. The molecule has 0 bridgehead atoms. The molecule has 0 radical (unpaired) electrons. The molecule has 0 aromatic carbocycles. The van der Waals surface area contributed by atoms with E-state index in [0.717, 1.165) is 39.7 Å². The number of aryl methyl sites for hydroxylation is 1. The highest BCUT2D eigenvalue weighted by molar-refractivity contribution is 7.15. The SMILES string of the molecule is CC(=O)CC[C@@H]1CCN(C(=O)Cc2nc(C)c(-c3ccnc(C4(C)CC4)c3)s2)[C@@H]1C(N)=O. The summed E-state index contributed by atoms with van der Waals surface area (Å²) in [5.41, 5.74) is 8.91. The molecule has 2 atom stereocenters. The number of carbonyl (C=O) groups is 3. The minimum atomic E-state index is -0.649. The van der Waals surface area contributed by atoms with Crippen molar-refractivity contribution in [3.05, 3.63) is 34.7 Å². The summed E-state index contributed by atoms with van der Waals surface area (Å²) in [5, 5.41) is 0.730. The van der Waals surface area contributed by atoms with Crippen LogP contribution >= 0.6 is 11.3 Å². The molecule has 2 aromatic rings. The summed E-state index contributed by atoms with van der Waals surface area (Å²) in [6.45, 7) is 6.21. The predicted octanol–water partition coefficient (Wildman–Crippen LogP) is 3.18. The Hall–Kier alpha value is -2.61. The van der Waals surface area contributed by atoms with Gasteiger partial charge in [-0.15, -0.1) is 11.3 Å². The van der Waals surface area contributed by atoms with Gasteiger partial charge in [-0.05, 0) is 63.1 Å². The molecule has 1 aliphatic carbocycles. The van der Waals surface area contributed by atoms with Crippen LogP contribution in [0.5, 0.6) is 0 Å². The van der Waals surface area contributed by atoms with Crippen LogP contribution in [0.1, 0.15) is 62.3 Å². The summed E-state index contributed by atoms with van der Waals surface area (Å²) >= 11 is 1.52. The second-order valence-electron chi connectivity index (χ2n) is 9.41. The summed E-state index contributed by atoms with van der Waals surface area (Å²) in [5.74, 6) is -0.620. The second kappa shape index (κ2) is 8.73. The van der Waals surface area contributed by atoms with Gasteiger partial charge >= 0.3 is 0 Å². The Morgan fingerprint density at radius 2 is 2.06 bits per heavy atom. The lowest BCUT2D eigenvalue weighted by Gasteiger charge is -2.25. The van der Waals surface area contributed by atoms with E-state index in [-0.39, 0.29) is 29.4 Å². The Labute approximate surface area is 192 Å². The van der Waals surface area contributed by atoms with Crippen molar-refractivity contribution in [1.29, 1.82) is 0 Å². The third kappa shape index (κ3) is 4.60. The standard InChI is InChI=1S/C24H30N4O3S/c1-14(29)4-5-16-7-11-28(21(16)23(25)31)20(30)13-19-27-15(2)22(32-19)17-6-10-26-18(12-17)24(3)8-9-24/h6,10,12,16,21H,4-5,7-9,11,13H2,1-3H3,(H2,25,31)/t16-,21+/m1/s1. The topological polar surface area (TPSA) is 106 Å². The lowest BCUT2D eigenvalue weighted by molar-refractivity contribution is -0.137. The fourth-order valence-corrected chi connectivity index (χ4v) is 5.64. The van der Waals surface area contributed by atoms with Gasteiger partial charge in [0.15, 0.2) is 0 Å². The number of thiazole rings is 1. The second-order valence-corrected chi connectivity index (χ2v) is 10.5. The van der Waals surface area contributed by atoms with Crippen molar-refractivity contribution in [1.82, 2.24) is 14.9 Å². The monoisotopic (exact) mass is 454 g/mol. The van der Waals surface area contributed by atoms with E-state index in [9.17, 15) is 14.4 Å². The van der Waals surface area contributed by atoms with E-state index in [1.807, 2.05) is 19.2 Å². The molecule has 170 valence electrons. The third-order valence-electron chi connectivity index (χ3n) is 6.79. The summed E-state index contributed by atoms with van der Waals surface area (Å²) in [6.07, 6.45) is 5.98. The van der Waals surface area contributed by atoms with Crippen molar-refractivity contribution < 1.29 is 14.4 Å². The fourth-order valence-electron chi connectivity index (χ4n) is 4.59. The van der Waals surface area contributed by atoms with E-state index in [0.29, 0.717) is 25.8 Å². The molecule has 1 saturated heterocycles. The molecule has 8 heteroatoms. The smallest absolute Gasteiger partial charge is 0.240 e. The first kappa shape index (κ1) is 22.6. The van der Waals surface area contributed by atoms with Gasteiger partial charge in [0.1, 0.15) is 16.8 Å². The molecule has 0 unspecified atom stereocenters. The molecular weight excluding hydrogens is 424 g/mol. The zero-order valence-corrected chi connectivity index (χ0v) is 19.7. The molecule has 1 saturated carbocycles. The number of carbonyl (C=O) groups excluding carboxylic acids is 3. The van der Waals surface area contributed by atoms with Gasteiger partial charge in [0.25, 0.3) is 0 Å². The van der Waals surface area contributed by atoms with Gasteiger partial charge in [-0.25, -0.2) is 4.98 Å². The highest BCUT2D eigenvalue weighted by Crippen LogP contribution is 2.47. The Bertz CT molecular complexity index is 1060. The minimum Gasteiger partial charge on any atom is -0.368 e. The molecule has 2 fully saturated rings. The van der Waals surface area contributed by atoms with Gasteiger partial charge in [-0.3, -0.25) is 14.6 Å². The van der Waals surface area contributed by atoms with Gasteiger partial charge < -0.3 is 15.4 Å². The molecule has 2 aliphatic rings. The Morgan fingerprint density at radius 1 is 1.31 bits per heavy atom. The predicted molar refractivity (Wildman–Crippen MR) is 123 cm³/mol. The highest BCUT2D eigenvalue weighted by atomic mass is 32.1. The first-order valence-electron chi connectivity index (χ1n) is 11.2. The van der Waals surface area contributed by atoms with E-state index in [2.05, 4.69) is 23.0 Å². The molecule has 7 nitrogen and oxygen atoms in total. The molecular formula is C24H30N4O3S. The average molecular weight is 455 g/mol. The average Bonchev–Trinajstić information content (AvgIpc) is 3.19. The first-order chi connectivity index (χ1) is 15.2. The quantitative estimate of drug-likeness (QED) is 0.659. The van der Waals surface area contributed by atoms with E-state index in [4.69, 9.17) is 5.73 Å². The molecule has 2 N–H and O–H groups in total. The normalized spacial score (nSPS) is 21.5. The number of nitrogens with zero attached hydrogens (tertiary/aromatic N) is 3. The van der Waals surface area contributed by atoms with Gasteiger partial charge in [-0.2, -0.15) is 0 Å². The molecule has 0 spiro atoms. The van der Waals surface area contributed by atoms with Crippen LogP contribution in [0, 0.1) is 12.8 Å². The zero-order valence-electron chi connectivity index (χ0n) is 18.9. The molecule has 32 heavy (non-hydrogen) atoms. The van der Waals surface area contributed by atoms with Crippen LogP contribution in [0.2, 0.25) is 0 Å². The third-order valence-corrected chi connectivity index (χ3v) is 7.99. The van der Waals surface area contributed by atoms with Gasteiger partial charge in [0.2, 0.25) is 11.8 Å². The maximum Gasteiger partial charge on any atom is 0.240 e. The maximum atomic E-state index is 13.1. The number of pyridine rings is 1. The van der Waals surface area contributed by atoms with Crippen molar-refractivity contribution in [3.8, 4) is 10.4 Å². The van der Waals surface area contributed by atoms with Crippen LogP contribution in [-0.2, 0) is 26.2 Å². The van der Waals surface area contributed by atoms with E-state index >= 15 is 0 Å². The van der Waals surface area contributed by atoms with E-state index in [1.54, 1.807) is 4.90 Å². The summed E-state index contributed by atoms with van der Waals surface area (Å²) in [4.78, 5) is 48.4. The first-order valence-corrected chi connectivity index (χ1v) is 12.0. The number of Topliss-reactive ketones (excluding diaryl/α,β-unsaturated/α-hetero) is 1. The number of rotatable bonds is 8. The Morgan fingerprint density at radius 3 is 2.72 bits per heavy atom. The number of nitrogens with two attached hydrogens (primary N) is 1.